The highest BCUT2D eigenvalue weighted by molar-refractivity contribution is 6.30. The average molecular weight is 366 g/mol. The number of nitrogens with zero attached hydrogens (tertiary/aromatic N) is 3. The lowest BCUT2D eigenvalue weighted by molar-refractivity contribution is -0.127. The molecule has 1 atom stereocenters. The number of aromatic nitrogens is 2. The Morgan fingerprint density at radius 3 is 2.88 bits per heavy atom. The van der Waals surface area contributed by atoms with E-state index in [4.69, 9.17) is 16.7 Å². The van der Waals surface area contributed by atoms with E-state index in [1.807, 2.05) is 33.8 Å². The molecule has 132 valence electrons. The lowest BCUT2D eigenvalue weighted by Crippen LogP contribution is -2.39. The summed E-state index contributed by atoms with van der Waals surface area (Å²) >= 11 is 6.11. The molecular formula is C21H20ClN3O. The molecule has 5 heteroatoms. The minimum absolute atomic E-state index is 0.00495. The van der Waals surface area contributed by atoms with Crippen molar-refractivity contribution in [1.29, 1.82) is 0 Å². The summed E-state index contributed by atoms with van der Waals surface area (Å²) in [7, 11) is 0. The number of piperidine rings is 1. The number of carbonyl (C=O) groups excluding carboxylic acids is 1. The van der Waals surface area contributed by atoms with Crippen LogP contribution in [0, 0.1) is 0 Å². The number of halogens is 1. The normalized spacial score (nSPS) is 17.4. The fourth-order valence-electron chi connectivity index (χ4n) is 3.57. The van der Waals surface area contributed by atoms with Gasteiger partial charge in [-0.1, -0.05) is 42.4 Å². The van der Waals surface area contributed by atoms with Crippen LogP contribution in [0.3, 0.4) is 0 Å². The second-order valence-electron chi connectivity index (χ2n) is 6.68. The molecule has 0 spiro atoms. The second kappa shape index (κ2) is 6.96. The molecule has 2 heterocycles. The average Bonchev–Trinajstić information content (AvgIpc) is 3.11. The van der Waals surface area contributed by atoms with Crippen LogP contribution in [0.15, 0.2) is 61.3 Å². The van der Waals surface area contributed by atoms with Crippen LogP contribution < -0.4 is 0 Å². The van der Waals surface area contributed by atoms with Gasteiger partial charge in [0, 0.05) is 29.7 Å². The van der Waals surface area contributed by atoms with Gasteiger partial charge in [0.2, 0.25) is 5.91 Å². The molecule has 1 unspecified atom stereocenters. The van der Waals surface area contributed by atoms with Crippen molar-refractivity contribution < 1.29 is 4.79 Å². The summed E-state index contributed by atoms with van der Waals surface area (Å²) in [5.41, 5.74) is 3.13. The van der Waals surface area contributed by atoms with E-state index in [1.165, 1.54) is 6.08 Å². The first-order chi connectivity index (χ1) is 12.6. The van der Waals surface area contributed by atoms with Crippen LogP contribution in [0.1, 0.15) is 18.9 Å². The Kier molecular flexibility index (Phi) is 4.51. The Hall–Kier alpha value is -2.59. The van der Waals surface area contributed by atoms with Gasteiger partial charge in [-0.3, -0.25) is 9.48 Å². The van der Waals surface area contributed by atoms with Gasteiger partial charge in [0.15, 0.2) is 0 Å². The maximum atomic E-state index is 11.9. The van der Waals surface area contributed by atoms with Crippen molar-refractivity contribution in [2.45, 2.75) is 18.9 Å². The summed E-state index contributed by atoms with van der Waals surface area (Å²) in [6.45, 7) is 5.06. The van der Waals surface area contributed by atoms with Gasteiger partial charge in [0.25, 0.3) is 0 Å². The summed E-state index contributed by atoms with van der Waals surface area (Å²) in [5, 5.41) is 6.61. The lowest BCUT2D eigenvalue weighted by Gasteiger charge is -2.32. The first-order valence-electron chi connectivity index (χ1n) is 8.80. The summed E-state index contributed by atoms with van der Waals surface area (Å²) < 4.78 is 2.01. The fourth-order valence-corrected chi connectivity index (χ4v) is 3.76. The van der Waals surface area contributed by atoms with Crippen molar-refractivity contribution >= 4 is 28.4 Å². The van der Waals surface area contributed by atoms with E-state index in [0.29, 0.717) is 6.54 Å². The Bertz CT molecular complexity index is 978. The minimum Gasteiger partial charge on any atom is -0.337 e. The van der Waals surface area contributed by atoms with Gasteiger partial charge < -0.3 is 4.90 Å². The van der Waals surface area contributed by atoms with Gasteiger partial charge in [-0.2, -0.15) is 5.10 Å². The van der Waals surface area contributed by atoms with E-state index < -0.39 is 0 Å². The molecule has 0 bridgehead atoms. The molecule has 1 fully saturated rings. The van der Waals surface area contributed by atoms with Crippen molar-refractivity contribution in [3.63, 3.8) is 0 Å². The van der Waals surface area contributed by atoms with Crippen LogP contribution in [0.5, 0.6) is 0 Å². The Labute approximate surface area is 157 Å². The molecule has 1 aliphatic rings. The van der Waals surface area contributed by atoms with Crippen LogP contribution in [-0.4, -0.2) is 33.7 Å². The number of likely N-dealkylation sites (tertiary alicyclic amines) is 1. The van der Waals surface area contributed by atoms with Gasteiger partial charge in [-0.25, -0.2) is 0 Å². The molecule has 0 saturated carbocycles. The Morgan fingerprint density at radius 1 is 1.23 bits per heavy atom. The summed E-state index contributed by atoms with van der Waals surface area (Å²) in [6, 6.07) is 14.3. The number of hydrogen-bond donors (Lipinski definition) is 0. The largest absolute Gasteiger partial charge is 0.337 e. The SMILES string of the molecule is C=CC(=O)N1CCCC(n2cc3ccc(-c4cccc(Cl)c4)cc3n2)C1. The van der Waals surface area contributed by atoms with Crippen molar-refractivity contribution in [2.24, 2.45) is 0 Å². The first kappa shape index (κ1) is 16.9. The van der Waals surface area contributed by atoms with Crippen LogP contribution in [0.2, 0.25) is 5.02 Å². The van der Waals surface area contributed by atoms with E-state index in [-0.39, 0.29) is 11.9 Å². The monoisotopic (exact) mass is 365 g/mol. The Balaban J connectivity index is 1.63. The summed E-state index contributed by atoms with van der Waals surface area (Å²) in [5.74, 6) is -0.00495. The number of amides is 1. The van der Waals surface area contributed by atoms with Gasteiger partial charge >= 0.3 is 0 Å². The molecule has 0 N–H and O–H groups in total. The number of hydrogen-bond acceptors (Lipinski definition) is 2. The first-order valence-corrected chi connectivity index (χ1v) is 9.18. The van der Waals surface area contributed by atoms with E-state index in [2.05, 4.69) is 31.0 Å². The lowest BCUT2D eigenvalue weighted by atomic mass is 10.0. The third kappa shape index (κ3) is 3.25. The van der Waals surface area contributed by atoms with Gasteiger partial charge in [-0.05, 0) is 48.2 Å². The van der Waals surface area contributed by atoms with Crippen molar-refractivity contribution in [3.05, 3.63) is 66.3 Å². The predicted octanol–water partition coefficient (Wildman–Crippen LogP) is 4.71. The van der Waals surface area contributed by atoms with Crippen LogP contribution >= 0.6 is 11.6 Å². The standard InChI is InChI=1S/C21H20ClN3O/c1-2-21(26)24-10-4-7-19(14-24)25-13-17-9-8-16(12-20(17)23-25)15-5-3-6-18(22)11-15/h2-3,5-6,8-9,11-13,19H,1,4,7,10,14H2. The molecule has 0 radical (unpaired) electrons. The number of rotatable bonds is 3. The second-order valence-corrected chi connectivity index (χ2v) is 7.11. The molecular weight excluding hydrogens is 346 g/mol. The van der Waals surface area contributed by atoms with E-state index >= 15 is 0 Å². The minimum atomic E-state index is -0.00495. The van der Waals surface area contributed by atoms with E-state index in [1.54, 1.807) is 0 Å². The highest BCUT2D eigenvalue weighted by atomic mass is 35.5. The molecule has 1 amide bonds. The Morgan fingerprint density at radius 2 is 2.08 bits per heavy atom. The fraction of sp³-hybridized carbons (Fsp3) is 0.238. The zero-order valence-electron chi connectivity index (χ0n) is 14.4. The van der Waals surface area contributed by atoms with Crippen molar-refractivity contribution in [3.8, 4) is 11.1 Å². The number of fused-ring (bicyclic) bond motifs is 1. The number of carbonyl (C=O) groups is 1. The third-order valence-electron chi connectivity index (χ3n) is 4.94. The van der Waals surface area contributed by atoms with Crippen LogP contribution in [0.25, 0.3) is 22.0 Å². The topological polar surface area (TPSA) is 38.1 Å². The van der Waals surface area contributed by atoms with Crippen molar-refractivity contribution in [1.82, 2.24) is 14.7 Å². The van der Waals surface area contributed by atoms with Gasteiger partial charge in [0.1, 0.15) is 0 Å². The predicted molar refractivity (Wildman–Crippen MR) is 105 cm³/mol. The smallest absolute Gasteiger partial charge is 0.246 e. The molecule has 1 aromatic heterocycles. The molecule has 4 rings (SSSR count). The molecule has 2 aromatic carbocycles. The molecule has 1 saturated heterocycles. The zero-order valence-corrected chi connectivity index (χ0v) is 15.2. The molecule has 1 aliphatic heterocycles. The highest BCUT2D eigenvalue weighted by Crippen LogP contribution is 2.28. The van der Waals surface area contributed by atoms with Gasteiger partial charge in [0.05, 0.1) is 11.6 Å². The number of benzene rings is 2. The van der Waals surface area contributed by atoms with E-state index in [0.717, 1.165) is 46.4 Å². The quantitative estimate of drug-likeness (QED) is 0.630. The molecule has 0 aliphatic carbocycles. The van der Waals surface area contributed by atoms with E-state index in [9.17, 15) is 4.79 Å². The van der Waals surface area contributed by atoms with Crippen molar-refractivity contribution in [2.75, 3.05) is 13.1 Å². The summed E-state index contributed by atoms with van der Waals surface area (Å²) in [6.07, 6.45) is 5.47. The molecule has 4 nitrogen and oxygen atoms in total. The molecule has 26 heavy (non-hydrogen) atoms. The maximum absolute atomic E-state index is 11.9. The summed E-state index contributed by atoms with van der Waals surface area (Å²) in [4.78, 5) is 13.8. The maximum Gasteiger partial charge on any atom is 0.246 e. The molecule has 3 aromatic rings. The zero-order chi connectivity index (χ0) is 18.1. The van der Waals surface area contributed by atoms with Crippen LogP contribution in [-0.2, 0) is 4.79 Å². The van der Waals surface area contributed by atoms with Gasteiger partial charge in [-0.15, -0.1) is 0 Å². The van der Waals surface area contributed by atoms with Crippen LogP contribution in [0.4, 0.5) is 0 Å². The third-order valence-corrected chi connectivity index (χ3v) is 5.17. The highest BCUT2D eigenvalue weighted by Gasteiger charge is 2.24.